The molecule has 0 heterocycles. The van der Waals surface area contributed by atoms with Gasteiger partial charge in [0.1, 0.15) is 17.2 Å². The number of nitrogens with one attached hydrogen (secondary N) is 3. The number of carbonyl (C=O) groups excluding carboxylic acids is 2. The number of benzene rings is 2. The van der Waals surface area contributed by atoms with E-state index in [1.807, 2.05) is 24.3 Å². The van der Waals surface area contributed by atoms with Crippen LogP contribution in [0.3, 0.4) is 0 Å². The van der Waals surface area contributed by atoms with Gasteiger partial charge >= 0.3 is 0 Å². The maximum absolute atomic E-state index is 12.8. The van der Waals surface area contributed by atoms with Crippen LogP contribution in [-0.2, 0) is 22.4 Å². The van der Waals surface area contributed by atoms with E-state index in [9.17, 15) is 14.8 Å². The second-order valence-corrected chi connectivity index (χ2v) is 14.9. The zero-order chi connectivity index (χ0) is 35.6. The van der Waals surface area contributed by atoms with Crippen molar-refractivity contribution in [2.45, 2.75) is 44.6 Å². The van der Waals surface area contributed by atoms with E-state index in [1.165, 1.54) is 0 Å². The summed E-state index contributed by atoms with van der Waals surface area (Å²) in [6, 6.07) is 7.29. The predicted octanol–water partition coefficient (Wildman–Crippen LogP) is 5.61. The van der Waals surface area contributed by atoms with E-state index in [1.54, 1.807) is 21.3 Å². The molecule has 1 atom stereocenters. The van der Waals surface area contributed by atoms with Crippen molar-refractivity contribution in [2.24, 2.45) is 5.16 Å². The van der Waals surface area contributed by atoms with Gasteiger partial charge in [-0.15, -0.1) is 0 Å². The van der Waals surface area contributed by atoms with Gasteiger partial charge in [0.2, 0.25) is 5.91 Å². The number of carbonyl (C=O) groups is 2. The second kappa shape index (κ2) is 22.9. The Labute approximate surface area is 318 Å². The van der Waals surface area contributed by atoms with Gasteiger partial charge < -0.3 is 40.4 Å². The van der Waals surface area contributed by atoms with Gasteiger partial charge in [0.15, 0.2) is 0 Å². The molecule has 0 aliphatic heterocycles. The van der Waals surface area contributed by atoms with Crippen LogP contribution in [0.1, 0.15) is 36.8 Å². The fourth-order valence-electron chi connectivity index (χ4n) is 5.07. The highest BCUT2D eigenvalue weighted by molar-refractivity contribution is 9.11. The van der Waals surface area contributed by atoms with Gasteiger partial charge in [0.25, 0.3) is 5.91 Å². The summed E-state index contributed by atoms with van der Waals surface area (Å²) in [6.45, 7) is 4.83. The minimum Gasteiger partial charge on any atom is -0.494 e. The first-order valence-corrected chi connectivity index (χ1v) is 19.0. The normalized spacial score (nSPS) is 12.4. The Bertz CT molecular complexity index is 1320. The maximum Gasteiger partial charge on any atom is 0.269 e. The SMILES string of the molecule is CNC(Cc1cc(Br)c(OC)c(Br)c1)C(=O)NCCCN(C)CCCCN(C)CCCNC(=O)/C(Cc1cc(Br)c(OC)c(Br)c1)=N/O. The monoisotopic (exact) mass is 924 g/mol. The molecule has 0 aliphatic carbocycles. The van der Waals surface area contributed by atoms with Gasteiger partial charge in [-0.3, -0.25) is 9.59 Å². The number of unbranched alkanes of at least 4 members (excludes halogenated alkanes) is 1. The molecule has 11 nitrogen and oxygen atoms in total. The van der Waals surface area contributed by atoms with E-state index in [0.717, 1.165) is 86.6 Å². The number of hydrogen-bond acceptors (Lipinski definition) is 9. The van der Waals surface area contributed by atoms with E-state index in [4.69, 9.17) is 9.47 Å². The molecule has 0 spiro atoms. The lowest BCUT2D eigenvalue weighted by molar-refractivity contribution is -0.123. The van der Waals surface area contributed by atoms with Crippen LogP contribution in [0.2, 0.25) is 0 Å². The summed E-state index contributed by atoms with van der Waals surface area (Å²) < 4.78 is 13.9. The summed E-state index contributed by atoms with van der Waals surface area (Å²) in [5, 5.41) is 21.7. The highest BCUT2D eigenvalue weighted by Crippen LogP contribution is 2.35. The van der Waals surface area contributed by atoms with Crippen LogP contribution in [0.5, 0.6) is 11.5 Å². The van der Waals surface area contributed by atoms with Crippen LogP contribution in [0, 0.1) is 0 Å². The van der Waals surface area contributed by atoms with E-state index in [2.05, 4.69) is 109 Å². The van der Waals surface area contributed by atoms with Gasteiger partial charge in [-0.05, 0) is 179 Å². The average molecular weight is 928 g/mol. The van der Waals surface area contributed by atoms with Gasteiger partial charge in [-0.1, -0.05) is 5.16 Å². The molecule has 0 saturated carbocycles. The lowest BCUT2D eigenvalue weighted by Gasteiger charge is -2.20. The fourth-order valence-corrected chi connectivity index (χ4v) is 8.28. The summed E-state index contributed by atoms with van der Waals surface area (Å²) in [5.41, 5.74) is 1.87. The maximum atomic E-state index is 12.8. The minimum atomic E-state index is -0.386. The molecule has 0 radical (unpaired) electrons. The molecule has 15 heteroatoms. The number of hydrogen-bond donors (Lipinski definition) is 4. The number of rotatable bonds is 22. The molecule has 2 aromatic rings. The number of amides is 2. The third-order valence-corrected chi connectivity index (χ3v) is 10.1. The third-order valence-electron chi connectivity index (χ3n) is 7.73. The Morgan fingerprint density at radius 3 is 1.65 bits per heavy atom. The molecular formula is C33H48Br4N6O5. The number of nitrogens with zero attached hydrogens (tertiary/aromatic N) is 3. The van der Waals surface area contributed by atoms with Gasteiger partial charge in [-0.2, -0.15) is 0 Å². The molecule has 2 rings (SSSR count). The molecule has 48 heavy (non-hydrogen) atoms. The Kier molecular flexibility index (Phi) is 20.2. The van der Waals surface area contributed by atoms with Crippen molar-refractivity contribution in [1.82, 2.24) is 25.8 Å². The van der Waals surface area contributed by atoms with Crippen molar-refractivity contribution >= 4 is 81.2 Å². The van der Waals surface area contributed by atoms with Gasteiger partial charge in [-0.25, -0.2) is 0 Å². The summed E-state index contributed by atoms with van der Waals surface area (Å²) in [4.78, 5) is 29.9. The molecule has 1 unspecified atom stereocenters. The topological polar surface area (TPSA) is 128 Å². The van der Waals surface area contributed by atoms with Crippen LogP contribution in [-0.4, -0.2) is 113 Å². The molecule has 4 N–H and O–H groups in total. The highest BCUT2D eigenvalue weighted by atomic mass is 79.9. The molecule has 0 aliphatic rings. The van der Waals surface area contributed by atoms with Crippen molar-refractivity contribution < 1.29 is 24.3 Å². The molecule has 0 aromatic heterocycles. The van der Waals surface area contributed by atoms with Crippen molar-refractivity contribution in [3.05, 3.63) is 53.3 Å². The van der Waals surface area contributed by atoms with E-state index < -0.39 is 0 Å². The first-order chi connectivity index (χ1) is 22.9. The second-order valence-electron chi connectivity index (χ2n) is 11.5. The molecular weight excluding hydrogens is 880 g/mol. The zero-order valence-corrected chi connectivity index (χ0v) is 34.6. The van der Waals surface area contributed by atoms with Crippen LogP contribution < -0.4 is 25.4 Å². The molecule has 268 valence electrons. The Morgan fingerprint density at radius 2 is 1.21 bits per heavy atom. The number of methoxy groups -OCH3 is 2. The molecule has 2 amide bonds. The van der Waals surface area contributed by atoms with Crippen molar-refractivity contribution in [2.75, 3.05) is 74.6 Å². The largest absolute Gasteiger partial charge is 0.494 e. The predicted molar refractivity (Wildman–Crippen MR) is 206 cm³/mol. The first-order valence-electron chi connectivity index (χ1n) is 15.8. The Balaban J connectivity index is 1.57. The van der Waals surface area contributed by atoms with Gasteiger partial charge in [0.05, 0.1) is 38.2 Å². The molecule has 0 fully saturated rings. The Morgan fingerprint density at radius 1 is 0.771 bits per heavy atom. The Hall–Kier alpha value is -1.75. The standard InChI is InChI=1S/C33H48Br4N6O5/c1-38-28(20-22-16-24(34)30(47-4)25(35)17-22)32(44)39-10-8-14-42(2)12-6-7-13-43(3)15-9-11-40-33(45)29(41-46)21-23-18-26(36)31(48-5)27(37)19-23/h16-19,28,38,46H,6-15,20-21H2,1-5H3,(H,39,44)(H,40,45)/b41-29+. The molecule has 2 aromatic carbocycles. The zero-order valence-electron chi connectivity index (χ0n) is 28.3. The quantitative estimate of drug-likeness (QED) is 0.0520. The number of ether oxygens (including phenoxy) is 2. The van der Waals surface area contributed by atoms with Crippen LogP contribution in [0.15, 0.2) is 47.3 Å². The van der Waals surface area contributed by atoms with Crippen LogP contribution in [0.25, 0.3) is 0 Å². The number of likely N-dealkylation sites (N-methyl/N-ethyl adjacent to an activating group) is 1. The fraction of sp³-hybridized carbons (Fsp3) is 0.545. The van der Waals surface area contributed by atoms with E-state index in [0.29, 0.717) is 25.3 Å². The van der Waals surface area contributed by atoms with E-state index in [-0.39, 0.29) is 30.0 Å². The first kappa shape index (κ1) is 42.4. The van der Waals surface area contributed by atoms with Crippen LogP contribution >= 0.6 is 63.7 Å². The van der Waals surface area contributed by atoms with Crippen molar-refractivity contribution in [3.63, 3.8) is 0 Å². The van der Waals surface area contributed by atoms with Gasteiger partial charge in [0, 0.05) is 19.5 Å². The summed E-state index contributed by atoms with van der Waals surface area (Å²) in [6.07, 6.45) is 4.56. The summed E-state index contributed by atoms with van der Waals surface area (Å²) in [7, 11) is 9.19. The summed E-state index contributed by atoms with van der Waals surface area (Å²) >= 11 is 14.0. The van der Waals surface area contributed by atoms with Crippen molar-refractivity contribution in [3.8, 4) is 11.5 Å². The lowest BCUT2D eigenvalue weighted by Crippen LogP contribution is -2.44. The number of oxime groups is 1. The molecule has 0 saturated heterocycles. The molecule has 0 bridgehead atoms. The van der Waals surface area contributed by atoms with Crippen LogP contribution in [0.4, 0.5) is 0 Å². The average Bonchev–Trinajstić information content (AvgIpc) is 3.04. The number of halogens is 4. The smallest absolute Gasteiger partial charge is 0.269 e. The minimum absolute atomic E-state index is 0.0110. The lowest BCUT2D eigenvalue weighted by atomic mass is 10.1. The van der Waals surface area contributed by atoms with E-state index >= 15 is 0 Å². The third kappa shape index (κ3) is 14.6. The highest BCUT2D eigenvalue weighted by Gasteiger charge is 2.19. The summed E-state index contributed by atoms with van der Waals surface area (Å²) in [5.74, 6) is 0.989. The van der Waals surface area contributed by atoms with Crippen molar-refractivity contribution in [1.29, 1.82) is 0 Å².